The summed E-state index contributed by atoms with van der Waals surface area (Å²) in [5.74, 6) is 0. The first-order valence-corrected chi connectivity index (χ1v) is 11.8. The molecule has 160 valence electrons. The third kappa shape index (κ3) is 2.88. The Morgan fingerprint density at radius 2 is 1.18 bits per heavy atom. The highest BCUT2D eigenvalue weighted by Crippen LogP contribution is 2.43. The van der Waals surface area contributed by atoms with Crippen LogP contribution < -0.4 is 0 Å². The summed E-state index contributed by atoms with van der Waals surface area (Å²) in [6.07, 6.45) is 0. The number of rotatable bonds is 2. The SMILES string of the molecule is Clc1cccc(-c2cc3ccccc3c3ccccc23)c1-c1ccc2oc3ccccc3c2c1. The number of fused-ring (bicyclic) bond motifs is 6. The zero-order valence-electron chi connectivity index (χ0n) is 18.3. The molecule has 0 aliphatic carbocycles. The van der Waals surface area contributed by atoms with Gasteiger partial charge in [-0.15, -0.1) is 0 Å². The summed E-state index contributed by atoms with van der Waals surface area (Å²) in [7, 11) is 0. The molecule has 2 heteroatoms. The fourth-order valence-electron chi connectivity index (χ4n) is 5.20. The van der Waals surface area contributed by atoms with Crippen molar-refractivity contribution in [3.63, 3.8) is 0 Å². The van der Waals surface area contributed by atoms with Crippen LogP contribution in [0.15, 0.2) is 120 Å². The Balaban J connectivity index is 1.55. The molecule has 7 aromatic rings. The van der Waals surface area contributed by atoms with Gasteiger partial charge in [0.25, 0.3) is 0 Å². The van der Waals surface area contributed by atoms with Gasteiger partial charge in [-0.3, -0.25) is 0 Å². The number of hydrogen-bond donors (Lipinski definition) is 0. The molecule has 1 heterocycles. The van der Waals surface area contributed by atoms with Crippen LogP contribution in [0.4, 0.5) is 0 Å². The molecule has 0 aliphatic heterocycles. The molecule has 34 heavy (non-hydrogen) atoms. The summed E-state index contributed by atoms with van der Waals surface area (Å²) in [5.41, 5.74) is 6.21. The van der Waals surface area contributed by atoms with Crippen molar-refractivity contribution in [3.8, 4) is 22.3 Å². The Morgan fingerprint density at radius 3 is 2.06 bits per heavy atom. The van der Waals surface area contributed by atoms with Gasteiger partial charge in [0.1, 0.15) is 11.2 Å². The van der Waals surface area contributed by atoms with E-state index >= 15 is 0 Å². The van der Waals surface area contributed by atoms with E-state index in [1.165, 1.54) is 27.1 Å². The van der Waals surface area contributed by atoms with E-state index in [1.54, 1.807) is 0 Å². The minimum Gasteiger partial charge on any atom is -0.456 e. The molecule has 0 atom stereocenters. The molecule has 0 aliphatic rings. The van der Waals surface area contributed by atoms with E-state index in [0.717, 1.165) is 43.7 Å². The van der Waals surface area contributed by atoms with Gasteiger partial charge in [-0.05, 0) is 68.6 Å². The van der Waals surface area contributed by atoms with Gasteiger partial charge in [-0.1, -0.05) is 96.5 Å². The first-order valence-electron chi connectivity index (χ1n) is 11.4. The molecule has 1 nitrogen and oxygen atoms in total. The van der Waals surface area contributed by atoms with Gasteiger partial charge < -0.3 is 4.42 Å². The highest BCUT2D eigenvalue weighted by atomic mass is 35.5. The number of para-hydroxylation sites is 1. The lowest BCUT2D eigenvalue weighted by Gasteiger charge is -2.16. The van der Waals surface area contributed by atoms with Gasteiger partial charge in [0, 0.05) is 21.4 Å². The summed E-state index contributed by atoms with van der Waals surface area (Å²) in [6, 6.07) is 40.2. The number of halogens is 1. The highest BCUT2D eigenvalue weighted by molar-refractivity contribution is 6.34. The average molecular weight is 455 g/mol. The summed E-state index contributed by atoms with van der Waals surface area (Å²) < 4.78 is 6.06. The Morgan fingerprint density at radius 1 is 0.471 bits per heavy atom. The van der Waals surface area contributed by atoms with E-state index in [0.29, 0.717) is 0 Å². The van der Waals surface area contributed by atoms with E-state index in [2.05, 4.69) is 84.9 Å². The third-order valence-corrected chi connectivity index (χ3v) is 7.05. The number of benzene rings is 6. The van der Waals surface area contributed by atoms with Gasteiger partial charge in [0.2, 0.25) is 0 Å². The molecule has 0 unspecified atom stereocenters. The molecular weight excluding hydrogens is 436 g/mol. The normalized spacial score (nSPS) is 11.7. The third-order valence-electron chi connectivity index (χ3n) is 6.74. The van der Waals surface area contributed by atoms with Crippen molar-refractivity contribution in [3.05, 3.63) is 120 Å². The summed E-state index contributed by atoms with van der Waals surface area (Å²) in [4.78, 5) is 0. The van der Waals surface area contributed by atoms with Gasteiger partial charge >= 0.3 is 0 Å². The van der Waals surface area contributed by atoms with Crippen molar-refractivity contribution < 1.29 is 4.42 Å². The van der Waals surface area contributed by atoms with Crippen LogP contribution in [0.25, 0.3) is 65.7 Å². The first-order chi connectivity index (χ1) is 16.8. The van der Waals surface area contributed by atoms with Gasteiger partial charge in [0.05, 0.1) is 0 Å². The van der Waals surface area contributed by atoms with Gasteiger partial charge in [-0.2, -0.15) is 0 Å². The standard InChI is InChI=1S/C32H19ClO/c33-29-14-7-13-26(27-18-20-8-1-2-9-22(20)23-10-3-4-11-24(23)27)32(29)21-16-17-31-28(19-21)25-12-5-6-15-30(25)34-31/h1-19H. The maximum Gasteiger partial charge on any atom is 0.135 e. The Bertz CT molecular complexity index is 1880. The summed E-state index contributed by atoms with van der Waals surface area (Å²) in [6.45, 7) is 0. The molecule has 0 radical (unpaired) electrons. The molecule has 0 spiro atoms. The Kier molecular flexibility index (Phi) is 4.27. The largest absolute Gasteiger partial charge is 0.456 e. The van der Waals surface area contributed by atoms with Crippen LogP contribution in [-0.4, -0.2) is 0 Å². The van der Waals surface area contributed by atoms with Crippen molar-refractivity contribution in [2.24, 2.45) is 0 Å². The topological polar surface area (TPSA) is 13.1 Å². The van der Waals surface area contributed by atoms with Crippen molar-refractivity contribution in [2.75, 3.05) is 0 Å². The highest BCUT2D eigenvalue weighted by Gasteiger charge is 2.17. The van der Waals surface area contributed by atoms with E-state index in [-0.39, 0.29) is 0 Å². The molecule has 0 N–H and O–H groups in total. The second kappa shape index (κ2) is 7.48. The smallest absolute Gasteiger partial charge is 0.135 e. The Hall–Kier alpha value is -4.07. The number of hydrogen-bond acceptors (Lipinski definition) is 1. The van der Waals surface area contributed by atoms with Crippen LogP contribution in [0.1, 0.15) is 0 Å². The maximum atomic E-state index is 6.90. The van der Waals surface area contributed by atoms with Crippen molar-refractivity contribution >= 4 is 55.1 Å². The second-order valence-electron chi connectivity index (χ2n) is 8.66. The van der Waals surface area contributed by atoms with Gasteiger partial charge in [0.15, 0.2) is 0 Å². The zero-order chi connectivity index (χ0) is 22.6. The van der Waals surface area contributed by atoms with E-state index in [4.69, 9.17) is 16.0 Å². The molecule has 0 saturated heterocycles. The Labute approximate surface area is 201 Å². The van der Waals surface area contributed by atoms with E-state index in [1.807, 2.05) is 30.3 Å². The van der Waals surface area contributed by atoms with E-state index < -0.39 is 0 Å². The van der Waals surface area contributed by atoms with Crippen LogP contribution in [0.5, 0.6) is 0 Å². The van der Waals surface area contributed by atoms with Crippen molar-refractivity contribution in [1.82, 2.24) is 0 Å². The fourth-order valence-corrected chi connectivity index (χ4v) is 5.48. The fraction of sp³-hybridized carbons (Fsp3) is 0. The molecule has 0 saturated carbocycles. The van der Waals surface area contributed by atoms with Crippen molar-refractivity contribution in [2.45, 2.75) is 0 Å². The van der Waals surface area contributed by atoms with Crippen LogP contribution in [0.3, 0.4) is 0 Å². The van der Waals surface area contributed by atoms with Crippen molar-refractivity contribution in [1.29, 1.82) is 0 Å². The average Bonchev–Trinajstić information content (AvgIpc) is 3.26. The predicted molar refractivity (Wildman–Crippen MR) is 145 cm³/mol. The zero-order valence-corrected chi connectivity index (χ0v) is 19.0. The molecule has 6 aromatic carbocycles. The molecule has 0 bridgehead atoms. The predicted octanol–water partition coefficient (Wildman–Crippen LogP) is 9.88. The lowest BCUT2D eigenvalue weighted by molar-refractivity contribution is 0.669. The first kappa shape index (κ1) is 19.4. The molecule has 1 aromatic heterocycles. The quantitative estimate of drug-likeness (QED) is 0.237. The molecule has 0 amide bonds. The number of furan rings is 1. The summed E-state index contributed by atoms with van der Waals surface area (Å²) in [5, 5.41) is 7.90. The van der Waals surface area contributed by atoms with Gasteiger partial charge in [-0.25, -0.2) is 0 Å². The van der Waals surface area contributed by atoms with Crippen LogP contribution in [0.2, 0.25) is 5.02 Å². The lowest BCUT2D eigenvalue weighted by Crippen LogP contribution is -1.89. The minimum atomic E-state index is 0.738. The molecule has 7 rings (SSSR count). The maximum absolute atomic E-state index is 6.90. The monoisotopic (exact) mass is 454 g/mol. The second-order valence-corrected chi connectivity index (χ2v) is 9.07. The summed E-state index contributed by atoms with van der Waals surface area (Å²) >= 11 is 6.90. The minimum absolute atomic E-state index is 0.738. The van der Waals surface area contributed by atoms with Crippen LogP contribution >= 0.6 is 11.6 Å². The molecular formula is C32H19ClO. The van der Waals surface area contributed by atoms with E-state index in [9.17, 15) is 0 Å². The van der Waals surface area contributed by atoms with Crippen LogP contribution in [0, 0.1) is 0 Å². The molecule has 0 fully saturated rings. The lowest BCUT2D eigenvalue weighted by atomic mass is 9.88. The van der Waals surface area contributed by atoms with Crippen LogP contribution in [-0.2, 0) is 0 Å².